The topological polar surface area (TPSA) is 100 Å². The summed E-state index contributed by atoms with van der Waals surface area (Å²) in [4.78, 5) is 12.1. The van der Waals surface area contributed by atoms with Gasteiger partial charge >= 0.3 is 6.18 Å². The number of nitrogens with zero attached hydrogens (tertiary/aromatic N) is 4. The van der Waals surface area contributed by atoms with E-state index in [1.54, 1.807) is 31.3 Å². The first-order valence-electron chi connectivity index (χ1n) is 11.6. The van der Waals surface area contributed by atoms with Gasteiger partial charge in [0.05, 0.1) is 7.14 Å². The third kappa shape index (κ3) is 7.52. The summed E-state index contributed by atoms with van der Waals surface area (Å²) in [5, 5.41) is 5.66. The fraction of sp³-hybridized carbons (Fsp3) is 0.375. The summed E-state index contributed by atoms with van der Waals surface area (Å²) in [7, 11) is -2.02. The minimum Gasteiger partial charge on any atom is -0.365 e. The minimum atomic E-state index is -4.67. The molecule has 2 heterocycles. The van der Waals surface area contributed by atoms with E-state index in [-0.39, 0.29) is 12.5 Å². The lowest BCUT2D eigenvalue weighted by atomic mass is 10.2. The van der Waals surface area contributed by atoms with Crippen LogP contribution in [0.2, 0.25) is 0 Å². The fourth-order valence-electron chi connectivity index (χ4n) is 3.54. The molecule has 3 rings (SSSR count). The van der Waals surface area contributed by atoms with Crippen LogP contribution in [0, 0.1) is 0 Å². The van der Waals surface area contributed by atoms with E-state index in [1.165, 1.54) is 16.8 Å². The lowest BCUT2D eigenvalue weighted by Crippen LogP contribution is -2.22. The molecule has 3 aromatic rings. The van der Waals surface area contributed by atoms with Gasteiger partial charge in [-0.1, -0.05) is 32.0 Å². The van der Waals surface area contributed by atoms with Gasteiger partial charge in [0.2, 0.25) is 5.95 Å². The second-order valence-electron chi connectivity index (χ2n) is 8.39. The van der Waals surface area contributed by atoms with Crippen molar-refractivity contribution in [2.45, 2.75) is 32.7 Å². The highest BCUT2D eigenvalue weighted by Gasteiger charge is 2.35. The maximum atomic E-state index is 13.7. The van der Waals surface area contributed by atoms with Gasteiger partial charge in [0.15, 0.2) is 0 Å². The molecule has 0 aliphatic rings. The smallest absolute Gasteiger partial charge is 0.365 e. The molecule has 2 aromatic heterocycles. The quantitative estimate of drug-likeness (QED) is 0.286. The zero-order valence-corrected chi connectivity index (χ0v) is 22.8. The van der Waals surface area contributed by atoms with E-state index in [9.17, 15) is 21.9 Å². The second kappa shape index (κ2) is 12.0. The summed E-state index contributed by atoms with van der Waals surface area (Å²) in [5.74, 6) is -0.0367. The van der Waals surface area contributed by atoms with Gasteiger partial charge in [-0.3, -0.25) is 4.31 Å². The summed E-state index contributed by atoms with van der Waals surface area (Å²) in [5.41, 5.74) is 1.05. The maximum absolute atomic E-state index is 13.7. The van der Waals surface area contributed by atoms with Crippen LogP contribution in [0.3, 0.4) is 0 Å². The molecule has 0 amide bonds. The predicted octanol–water partition coefficient (Wildman–Crippen LogP) is 5.88. The van der Waals surface area contributed by atoms with Crippen molar-refractivity contribution < 1.29 is 21.9 Å². The number of rotatable bonds is 11. The number of hydrogen-bond donors (Lipinski definition) is 2. The average molecular weight is 555 g/mol. The molecule has 0 bridgehead atoms. The number of aromatic nitrogens is 3. The Morgan fingerprint density at radius 1 is 1.08 bits per heavy atom. The molecular formula is C24H30F3N6O2PS. The van der Waals surface area contributed by atoms with Gasteiger partial charge in [0, 0.05) is 49.7 Å². The molecule has 0 saturated heterocycles. The average Bonchev–Trinajstić information content (AvgIpc) is 2.87. The van der Waals surface area contributed by atoms with Crippen LogP contribution in [0.4, 0.5) is 36.4 Å². The fourth-order valence-corrected chi connectivity index (χ4v) is 5.72. The number of hydrogen-bond acceptors (Lipinski definition) is 7. The molecule has 0 fully saturated rings. The third-order valence-corrected chi connectivity index (χ3v) is 10.1. The zero-order valence-electron chi connectivity index (χ0n) is 21.0. The lowest BCUT2D eigenvalue weighted by molar-refractivity contribution is -0.137. The highest BCUT2D eigenvalue weighted by atomic mass is 32.2. The van der Waals surface area contributed by atoms with Crippen molar-refractivity contribution in [3.63, 3.8) is 0 Å². The van der Waals surface area contributed by atoms with E-state index < -0.39 is 35.7 Å². The lowest BCUT2D eigenvalue weighted by Gasteiger charge is -2.19. The summed E-state index contributed by atoms with van der Waals surface area (Å²) < 4.78 is 67.0. The number of alkyl halides is 3. The van der Waals surface area contributed by atoms with Crippen LogP contribution in [0.25, 0.3) is 0 Å². The molecule has 8 nitrogen and oxygen atoms in total. The molecule has 1 unspecified atom stereocenters. The van der Waals surface area contributed by atoms with Crippen molar-refractivity contribution in [2.75, 3.05) is 40.6 Å². The summed E-state index contributed by atoms with van der Waals surface area (Å²) in [6.45, 7) is 3.81. The van der Waals surface area contributed by atoms with Gasteiger partial charge in [-0.25, -0.2) is 14.2 Å². The van der Waals surface area contributed by atoms with Crippen molar-refractivity contribution in [3.8, 4) is 0 Å². The molecule has 200 valence electrons. The van der Waals surface area contributed by atoms with Gasteiger partial charge in [-0.15, -0.1) is 0 Å². The SMILES string of the molecule is CCP(=O)(CC)Cc1ccc(Nc2ncc(C(F)(F)F)c(NCc3cccnc3N(C)S(C)=O)n2)cc1. The van der Waals surface area contributed by atoms with Crippen molar-refractivity contribution >= 4 is 41.4 Å². The second-order valence-corrected chi connectivity index (χ2v) is 13.5. The minimum absolute atomic E-state index is 0.0192. The highest BCUT2D eigenvalue weighted by molar-refractivity contribution is 7.85. The van der Waals surface area contributed by atoms with Crippen molar-refractivity contribution in [1.82, 2.24) is 15.0 Å². The first kappa shape index (κ1) is 28.6. The Kier molecular flexibility index (Phi) is 9.31. The van der Waals surface area contributed by atoms with Gasteiger partial charge in [0.1, 0.15) is 28.2 Å². The molecule has 0 spiro atoms. The van der Waals surface area contributed by atoms with E-state index in [4.69, 9.17) is 0 Å². The van der Waals surface area contributed by atoms with Crippen molar-refractivity contribution in [1.29, 1.82) is 0 Å². The van der Waals surface area contributed by atoms with E-state index in [2.05, 4.69) is 25.6 Å². The molecule has 0 radical (unpaired) electrons. The van der Waals surface area contributed by atoms with Crippen LogP contribution in [-0.4, -0.2) is 44.8 Å². The highest BCUT2D eigenvalue weighted by Crippen LogP contribution is 2.48. The van der Waals surface area contributed by atoms with E-state index in [0.29, 0.717) is 35.6 Å². The number of benzene rings is 1. The van der Waals surface area contributed by atoms with Crippen LogP contribution >= 0.6 is 7.14 Å². The van der Waals surface area contributed by atoms with E-state index in [1.807, 2.05) is 26.0 Å². The van der Waals surface area contributed by atoms with Crippen LogP contribution in [-0.2, 0) is 34.4 Å². The van der Waals surface area contributed by atoms with Crippen LogP contribution in [0.1, 0.15) is 30.5 Å². The molecule has 13 heteroatoms. The van der Waals surface area contributed by atoms with Crippen LogP contribution in [0.5, 0.6) is 0 Å². The Balaban J connectivity index is 1.82. The van der Waals surface area contributed by atoms with Crippen molar-refractivity contribution in [2.24, 2.45) is 0 Å². The van der Waals surface area contributed by atoms with Gasteiger partial charge in [-0.05, 0) is 36.1 Å². The van der Waals surface area contributed by atoms with Gasteiger partial charge < -0.3 is 15.2 Å². The third-order valence-electron chi connectivity index (χ3n) is 5.93. The molecule has 2 N–H and O–H groups in total. The van der Waals surface area contributed by atoms with E-state index in [0.717, 1.165) is 11.8 Å². The molecule has 0 saturated carbocycles. The Hall–Kier alpha value is -2.98. The number of nitrogens with one attached hydrogen (secondary N) is 2. The molecule has 0 aliphatic carbocycles. The largest absolute Gasteiger partial charge is 0.421 e. The zero-order chi connectivity index (χ0) is 27.2. The predicted molar refractivity (Wildman–Crippen MR) is 143 cm³/mol. The monoisotopic (exact) mass is 554 g/mol. The summed E-state index contributed by atoms with van der Waals surface area (Å²) >= 11 is 0. The standard InChI is InChI=1S/C24H30F3N6O2PS/c1-5-36(34,6-2)16-17-9-11-19(12-10-17)31-23-30-15-20(24(25,26)27)21(32-23)29-14-18-8-7-13-28-22(18)33(3)37(4)35/h7-13,15H,5-6,14,16H2,1-4H3,(H2,29,30,31,32). The maximum Gasteiger partial charge on any atom is 0.421 e. The normalized spacial score (nSPS) is 12.7. The number of pyridine rings is 1. The van der Waals surface area contributed by atoms with E-state index >= 15 is 0 Å². The van der Waals surface area contributed by atoms with Gasteiger partial charge in [-0.2, -0.15) is 18.2 Å². The Morgan fingerprint density at radius 2 is 1.76 bits per heavy atom. The number of anilines is 4. The first-order valence-corrected chi connectivity index (χ1v) is 15.4. The van der Waals surface area contributed by atoms with Gasteiger partial charge in [0.25, 0.3) is 0 Å². The molecular weight excluding hydrogens is 524 g/mol. The summed E-state index contributed by atoms with van der Waals surface area (Å²) in [6.07, 6.45) is 0.815. The molecule has 0 aliphatic heterocycles. The summed E-state index contributed by atoms with van der Waals surface area (Å²) in [6, 6.07) is 10.5. The molecule has 1 atom stereocenters. The van der Waals surface area contributed by atoms with Crippen molar-refractivity contribution in [3.05, 3.63) is 65.5 Å². The molecule has 1 aromatic carbocycles. The Labute approximate surface area is 217 Å². The van der Waals surface area contributed by atoms with Crippen LogP contribution < -0.4 is 14.9 Å². The Bertz CT molecular complexity index is 1280. The Morgan fingerprint density at radius 3 is 2.35 bits per heavy atom. The first-order chi connectivity index (χ1) is 17.5. The van der Waals surface area contributed by atoms with Crippen LogP contribution in [0.15, 0.2) is 48.8 Å². The molecule has 37 heavy (non-hydrogen) atoms. The number of halogens is 3.